The smallest absolute Gasteiger partial charge is 0.212 e. The Balaban J connectivity index is 2.32. The Hall–Kier alpha value is -1.22. The molecular weight excluding hydrogens is 340 g/mol. The van der Waals surface area contributed by atoms with Crippen molar-refractivity contribution in [1.82, 2.24) is 0 Å². The van der Waals surface area contributed by atoms with Crippen molar-refractivity contribution < 1.29 is 29.2 Å². The lowest BCUT2D eigenvalue weighted by Gasteiger charge is -2.32. The topological polar surface area (TPSA) is 102 Å². The molecule has 1 fully saturated rings. The standard InChI is InChI=1S/C18H32N2O6/c1-7-23-16-12(10(3)4)19-17(24-8-2)13(20-16)14(22)15-11(9-21)25-18(5,6)26-15/h10-15,21-22H,7-9H2,1-6H3/t11-,12-,13+,14+,15-/m1/s1. The molecule has 8 nitrogen and oxygen atoms in total. The molecule has 2 N–H and O–H groups in total. The van der Waals surface area contributed by atoms with Gasteiger partial charge in [0.1, 0.15) is 24.4 Å². The summed E-state index contributed by atoms with van der Waals surface area (Å²) in [4.78, 5) is 9.26. The fourth-order valence-corrected chi connectivity index (χ4v) is 3.21. The molecule has 8 heteroatoms. The third kappa shape index (κ3) is 4.54. The SMILES string of the molecule is CCOC1=N[C@H](C(C)C)C(OCC)=N[C@H]1[C@H](O)[C@@H]1OC(C)(C)O[C@@H]1CO. The summed E-state index contributed by atoms with van der Waals surface area (Å²) in [5.74, 6) is 0.105. The summed E-state index contributed by atoms with van der Waals surface area (Å²) in [6.07, 6.45) is -2.51. The maximum Gasteiger partial charge on any atom is 0.212 e. The summed E-state index contributed by atoms with van der Waals surface area (Å²) in [5.41, 5.74) is 0. The quantitative estimate of drug-likeness (QED) is 0.725. The molecular formula is C18H32N2O6. The molecule has 2 aliphatic heterocycles. The number of aliphatic hydroxyl groups is 2. The molecule has 0 aromatic carbocycles. The van der Waals surface area contributed by atoms with E-state index in [4.69, 9.17) is 18.9 Å². The minimum Gasteiger partial charge on any atom is -0.480 e. The molecule has 2 aliphatic rings. The molecule has 0 spiro atoms. The monoisotopic (exact) mass is 372 g/mol. The Labute approximate surface area is 155 Å². The van der Waals surface area contributed by atoms with Crippen LogP contribution in [0.2, 0.25) is 0 Å². The zero-order valence-electron chi connectivity index (χ0n) is 16.5. The van der Waals surface area contributed by atoms with Crippen LogP contribution in [0.4, 0.5) is 0 Å². The predicted octanol–water partition coefficient (Wildman–Crippen LogP) is 1.14. The molecule has 0 aliphatic carbocycles. The average molecular weight is 372 g/mol. The second kappa shape index (κ2) is 8.65. The van der Waals surface area contributed by atoms with Crippen LogP contribution in [0.5, 0.6) is 0 Å². The number of nitrogens with zero attached hydrogens (tertiary/aromatic N) is 2. The van der Waals surface area contributed by atoms with Crippen molar-refractivity contribution in [2.75, 3.05) is 19.8 Å². The maximum atomic E-state index is 11.0. The van der Waals surface area contributed by atoms with Gasteiger partial charge in [0, 0.05) is 0 Å². The molecule has 26 heavy (non-hydrogen) atoms. The molecule has 0 bridgehead atoms. The number of aliphatic imine (C=N–C) groups is 2. The Kier molecular flexibility index (Phi) is 7.01. The summed E-state index contributed by atoms with van der Waals surface area (Å²) >= 11 is 0. The lowest BCUT2D eigenvalue weighted by Crippen LogP contribution is -2.50. The molecule has 2 heterocycles. The minimum absolute atomic E-state index is 0.170. The van der Waals surface area contributed by atoms with E-state index >= 15 is 0 Å². The molecule has 0 aromatic rings. The number of rotatable bonds is 6. The van der Waals surface area contributed by atoms with Crippen LogP contribution in [0.3, 0.4) is 0 Å². The van der Waals surface area contributed by atoms with Crippen LogP contribution < -0.4 is 0 Å². The normalized spacial score (nSPS) is 32.2. The molecule has 0 radical (unpaired) electrons. The van der Waals surface area contributed by atoms with Crippen molar-refractivity contribution in [2.45, 2.75) is 77.7 Å². The van der Waals surface area contributed by atoms with Gasteiger partial charge in [-0.3, -0.25) is 0 Å². The highest BCUT2D eigenvalue weighted by molar-refractivity contribution is 5.94. The first-order chi connectivity index (χ1) is 12.2. The van der Waals surface area contributed by atoms with E-state index in [0.717, 1.165) is 0 Å². The van der Waals surface area contributed by atoms with E-state index in [2.05, 4.69) is 9.98 Å². The van der Waals surface area contributed by atoms with E-state index in [0.29, 0.717) is 25.0 Å². The van der Waals surface area contributed by atoms with Gasteiger partial charge in [-0.2, -0.15) is 0 Å². The summed E-state index contributed by atoms with van der Waals surface area (Å²) in [7, 11) is 0. The molecule has 150 valence electrons. The van der Waals surface area contributed by atoms with Crippen molar-refractivity contribution in [2.24, 2.45) is 15.9 Å². The lowest BCUT2D eigenvalue weighted by atomic mass is 9.98. The van der Waals surface area contributed by atoms with E-state index in [1.54, 1.807) is 13.8 Å². The highest BCUT2D eigenvalue weighted by Gasteiger charge is 2.49. The van der Waals surface area contributed by atoms with Crippen molar-refractivity contribution in [1.29, 1.82) is 0 Å². The highest BCUT2D eigenvalue weighted by Crippen LogP contribution is 2.32. The van der Waals surface area contributed by atoms with Gasteiger partial charge >= 0.3 is 0 Å². The fourth-order valence-electron chi connectivity index (χ4n) is 3.21. The zero-order valence-corrected chi connectivity index (χ0v) is 16.5. The Morgan fingerprint density at radius 3 is 2.08 bits per heavy atom. The third-order valence-electron chi connectivity index (χ3n) is 4.32. The first kappa shape index (κ1) is 21.1. The van der Waals surface area contributed by atoms with Crippen LogP contribution in [0, 0.1) is 5.92 Å². The molecule has 0 aromatic heterocycles. The highest BCUT2D eigenvalue weighted by atomic mass is 16.8. The Morgan fingerprint density at radius 1 is 1.04 bits per heavy atom. The summed E-state index contributed by atoms with van der Waals surface area (Å²) in [6, 6.07) is -1.03. The van der Waals surface area contributed by atoms with Crippen LogP contribution in [0.15, 0.2) is 9.98 Å². The van der Waals surface area contributed by atoms with Gasteiger partial charge in [0.05, 0.1) is 19.8 Å². The molecule has 1 saturated heterocycles. The number of ether oxygens (including phenoxy) is 4. The second-order valence-corrected chi connectivity index (χ2v) is 7.25. The summed E-state index contributed by atoms with van der Waals surface area (Å²) in [5, 5.41) is 20.6. The van der Waals surface area contributed by atoms with Crippen LogP contribution in [-0.4, -0.2) is 78.0 Å². The van der Waals surface area contributed by atoms with Crippen LogP contribution in [0.1, 0.15) is 41.5 Å². The first-order valence-corrected chi connectivity index (χ1v) is 9.29. The predicted molar refractivity (Wildman–Crippen MR) is 97.5 cm³/mol. The van der Waals surface area contributed by atoms with Gasteiger partial charge in [0.25, 0.3) is 0 Å². The molecule has 0 amide bonds. The maximum absolute atomic E-state index is 11.0. The molecule has 0 unspecified atom stereocenters. The Morgan fingerprint density at radius 2 is 1.58 bits per heavy atom. The number of aliphatic hydroxyl groups excluding tert-OH is 2. The van der Waals surface area contributed by atoms with E-state index in [1.165, 1.54) is 0 Å². The third-order valence-corrected chi connectivity index (χ3v) is 4.32. The minimum atomic E-state index is -1.09. The van der Waals surface area contributed by atoms with Gasteiger partial charge in [-0.1, -0.05) is 13.8 Å². The van der Waals surface area contributed by atoms with Crippen molar-refractivity contribution in [3.05, 3.63) is 0 Å². The van der Waals surface area contributed by atoms with Gasteiger partial charge in [-0.05, 0) is 33.6 Å². The zero-order chi connectivity index (χ0) is 19.5. The Bertz CT molecular complexity index is 534. The van der Waals surface area contributed by atoms with Gasteiger partial charge in [-0.15, -0.1) is 0 Å². The van der Waals surface area contributed by atoms with Gasteiger partial charge in [-0.25, -0.2) is 9.98 Å². The first-order valence-electron chi connectivity index (χ1n) is 9.29. The van der Waals surface area contributed by atoms with E-state index in [-0.39, 0.29) is 18.6 Å². The largest absolute Gasteiger partial charge is 0.480 e. The second-order valence-electron chi connectivity index (χ2n) is 7.25. The van der Waals surface area contributed by atoms with Gasteiger partial charge in [0.15, 0.2) is 11.8 Å². The van der Waals surface area contributed by atoms with Crippen LogP contribution in [0.25, 0.3) is 0 Å². The van der Waals surface area contributed by atoms with E-state index in [9.17, 15) is 10.2 Å². The number of hydrogen-bond donors (Lipinski definition) is 2. The van der Waals surface area contributed by atoms with Gasteiger partial charge < -0.3 is 29.2 Å². The van der Waals surface area contributed by atoms with E-state index in [1.807, 2.05) is 27.7 Å². The summed E-state index contributed by atoms with van der Waals surface area (Å²) < 4.78 is 22.8. The fraction of sp³-hybridized carbons (Fsp3) is 0.889. The number of hydrogen-bond acceptors (Lipinski definition) is 8. The molecule has 2 rings (SSSR count). The van der Waals surface area contributed by atoms with Crippen molar-refractivity contribution in [3.8, 4) is 0 Å². The molecule has 0 saturated carbocycles. The average Bonchev–Trinajstić information content (AvgIpc) is 2.90. The van der Waals surface area contributed by atoms with Gasteiger partial charge in [0.2, 0.25) is 11.8 Å². The van der Waals surface area contributed by atoms with Crippen LogP contribution in [-0.2, 0) is 18.9 Å². The van der Waals surface area contributed by atoms with Crippen molar-refractivity contribution in [3.63, 3.8) is 0 Å². The summed E-state index contributed by atoms with van der Waals surface area (Å²) in [6.45, 7) is 11.9. The van der Waals surface area contributed by atoms with Crippen LogP contribution >= 0.6 is 0 Å². The van der Waals surface area contributed by atoms with E-state index < -0.39 is 30.1 Å². The van der Waals surface area contributed by atoms with Crippen molar-refractivity contribution >= 4 is 11.8 Å². The molecule has 5 atom stereocenters. The lowest BCUT2D eigenvalue weighted by molar-refractivity contribution is -0.157.